The minimum absolute atomic E-state index is 0.152. The highest BCUT2D eigenvalue weighted by Gasteiger charge is 2.10. The highest BCUT2D eigenvalue weighted by molar-refractivity contribution is 5.51. The summed E-state index contributed by atoms with van der Waals surface area (Å²) in [4.78, 5) is 0. The zero-order chi connectivity index (χ0) is 11.4. The first-order valence-electron chi connectivity index (χ1n) is 5.32. The summed E-state index contributed by atoms with van der Waals surface area (Å²) in [6.45, 7) is 8.27. The van der Waals surface area contributed by atoms with Gasteiger partial charge in [-0.05, 0) is 31.4 Å². The van der Waals surface area contributed by atoms with Crippen molar-refractivity contribution < 1.29 is 4.74 Å². The molecule has 0 heterocycles. The fraction of sp³-hybridized carbons (Fsp3) is 0.429. The van der Waals surface area contributed by atoms with Crippen LogP contribution in [0.15, 0.2) is 18.2 Å². The maximum atomic E-state index is 5.68. The molecular weight excluding hydrogens is 184 g/mol. The second kappa shape index (κ2) is 4.89. The minimum Gasteiger partial charge on any atom is -0.490 e. The van der Waals surface area contributed by atoms with Crippen LogP contribution in [0.1, 0.15) is 44.7 Å². The maximum absolute atomic E-state index is 5.68. The van der Waals surface area contributed by atoms with Crippen molar-refractivity contribution in [2.24, 2.45) is 0 Å². The predicted molar refractivity (Wildman–Crippen MR) is 64.2 cm³/mol. The average Bonchev–Trinajstić information content (AvgIpc) is 2.16. The van der Waals surface area contributed by atoms with Gasteiger partial charge >= 0.3 is 0 Å². The standard InChI is InChI=1S/C14H18O/c1-6-12-13(10(2)3)8-7-9-14(12)15-11(4)5/h1,7-11H,2-5H3. The lowest BCUT2D eigenvalue weighted by Crippen LogP contribution is -2.08. The zero-order valence-electron chi connectivity index (χ0n) is 9.87. The van der Waals surface area contributed by atoms with Gasteiger partial charge in [-0.1, -0.05) is 31.9 Å². The molecule has 1 heteroatoms. The molecule has 0 atom stereocenters. The summed E-state index contributed by atoms with van der Waals surface area (Å²) in [5, 5.41) is 0. The summed E-state index contributed by atoms with van der Waals surface area (Å²) < 4.78 is 5.68. The van der Waals surface area contributed by atoms with Crippen LogP contribution in [-0.2, 0) is 0 Å². The van der Waals surface area contributed by atoms with E-state index < -0.39 is 0 Å². The minimum atomic E-state index is 0.152. The van der Waals surface area contributed by atoms with Gasteiger partial charge in [0.05, 0.1) is 11.7 Å². The number of rotatable bonds is 3. The van der Waals surface area contributed by atoms with Gasteiger partial charge in [-0.25, -0.2) is 0 Å². The molecular formula is C14H18O. The van der Waals surface area contributed by atoms with Crippen molar-refractivity contribution >= 4 is 0 Å². The fourth-order valence-corrected chi connectivity index (χ4v) is 1.54. The third-order valence-corrected chi connectivity index (χ3v) is 2.19. The highest BCUT2D eigenvalue weighted by Crippen LogP contribution is 2.27. The number of terminal acetylenes is 1. The number of benzene rings is 1. The molecule has 0 aromatic heterocycles. The second-order valence-corrected chi connectivity index (χ2v) is 4.19. The first-order chi connectivity index (χ1) is 7.06. The molecule has 0 radical (unpaired) electrons. The fourth-order valence-electron chi connectivity index (χ4n) is 1.54. The van der Waals surface area contributed by atoms with E-state index in [-0.39, 0.29) is 6.10 Å². The van der Waals surface area contributed by atoms with Crippen LogP contribution >= 0.6 is 0 Å². The highest BCUT2D eigenvalue weighted by atomic mass is 16.5. The van der Waals surface area contributed by atoms with E-state index in [1.165, 1.54) is 5.56 Å². The van der Waals surface area contributed by atoms with Gasteiger partial charge in [0.2, 0.25) is 0 Å². The molecule has 15 heavy (non-hydrogen) atoms. The van der Waals surface area contributed by atoms with Crippen molar-refractivity contribution in [3.05, 3.63) is 29.3 Å². The Hall–Kier alpha value is -1.42. The molecule has 0 spiro atoms. The van der Waals surface area contributed by atoms with Crippen molar-refractivity contribution in [2.75, 3.05) is 0 Å². The van der Waals surface area contributed by atoms with Crippen molar-refractivity contribution in [2.45, 2.75) is 39.7 Å². The topological polar surface area (TPSA) is 9.23 Å². The third kappa shape index (κ3) is 2.76. The molecule has 1 nitrogen and oxygen atoms in total. The van der Waals surface area contributed by atoms with Gasteiger partial charge in [-0.3, -0.25) is 0 Å². The van der Waals surface area contributed by atoms with E-state index in [9.17, 15) is 0 Å². The van der Waals surface area contributed by atoms with E-state index in [4.69, 9.17) is 11.2 Å². The summed E-state index contributed by atoms with van der Waals surface area (Å²) in [5.74, 6) is 3.97. The lowest BCUT2D eigenvalue weighted by molar-refractivity contribution is 0.241. The summed E-state index contributed by atoms with van der Waals surface area (Å²) in [7, 11) is 0. The Bertz CT molecular complexity index is 369. The molecule has 0 aliphatic heterocycles. The molecule has 0 amide bonds. The molecule has 80 valence electrons. The largest absolute Gasteiger partial charge is 0.490 e. The van der Waals surface area contributed by atoms with Crippen LogP contribution < -0.4 is 4.74 Å². The Balaban J connectivity index is 3.18. The number of hydrogen-bond acceptors (Lipinski definition) is 1. The predicted octanol–water partition coefficient (Wildman–Crippen LogP) is 3.58. The van der Waals surface area contributed by atoms with E-state index in [1.54, 1.807) is 0 Å². The lowest BCUT2D eigenvalue weighted by Gasteiger charge is -2.15. The monoisotopic (exact) mass is 202 g/mol. The first-order valence-corrected chi connectivity index (χ1v) is 5.32. The molecule has 0 fully saturated rings. The molecule has 0 saturated heterocycles. The van der Waals surface area contributed by atoms with Gasteiger partial charge in [0.25, 0.3) is 0 Å². The SMILES string of the molecule is C#Cc1c(OC(C)C)cccc1C(C)C. The first kappa shape index (κ1) is 11.7. The molecule has 0 aliphatic rings. The van der Waals surface area contributed by atoms with Gasteiger partial charge in [0.15, 0.2) is 0 Å². The third-order valence-electron chi connectivity index (χ3n) is 2.19. The van der Waals surface area contributed by atoms with Crippen molar-refractivity contribution in [1.29, 1.82) is 0 Å². The Labute approximate surface area is 92.5 Å². The quantitative estimate of drug-likeness (QED) is 0.681. The van der Waals surface area contributed by atoms with Crippen LogP contribution in [-0.4, -0.2) is 6.10 Å². The van der Waals surface area contributed by atoms with Crippen molar-refractivity contribution in [1.82, 2.24) is 0 Å². The molecule has 0 unspecified atom stereocenters. The van der Waals surface area contributed by atoms with Crippen LogP contribution in [0.4, 0.5) is 0 Å². The van der Waals surface area contributed by atoms with Crippen LogP contribution in [0.2, 0.25) is 0 Å². The molecule has 1 rings (SSSR count). The number of hydrogen-bond donors (Lipinski definition) is 0. The number of ether oxygens (including phenoxy) is 1. The van der Waals surface area contributed by atoms with Crippen LogP contribution in [0.25, 0.3) is 0 Å². The second-order valence-electron chi connectivity index (χ2n) is 4.19. The molecule has 0 bridgehead atoms. The van der Waals surface area contributed by atoms with E-state index >= 15 is 0 Å². The molecule has 1 aromatic rings. The van der Waals surface area contributed by atoms with E-state index in [2.05, 4.69) is 25.8 Å². The maximum Gasteiger partial charge on any atom is 0.135 e. The zero-order valence-corrected chi connectivity index (χ0v) is 9.87. The van der Waals surface area contributed by atoms with Crippen molar-refractivity contribution in [3.63, 3.8) is 0 Å². The van der Waals surface area contributed by atoms with E-state index in [1.807, 2.05) is 26.0 Å². The Kier molecular flexibility index (Phi) is 3.80. The molecule has 0 saturated carbocycles. The van der Waals surface area contributed by atoms with E-state index in [0.29, 0.717) is 5.92 Å². The van der Waals surface area contributed by atoms with Gasteiger partial charge in [-0.2, -0.15) is 0 Å². The Morgan fingerprint density at radius 1 is 1.20 bits per heavy atom. The van der Waals surface area contributed by atoms with Crippen LogP contribution in [0, 0.1) is 12.3 Å². The van der Waals surface area contributed by atoms with Crippen molar-refractivity contribution in [3.8, 4) is 18.1 Å². The van der Waals surface area contributed by atoms with E-state index in [0.717, 1.165) is 11.3 Å². The van der Waals surface area contributed by atoms with Crippen LogP contribution in [0.3, 0.4) is 0 Å². The lowest BCUT2D eigenvalue weighted by atomic mass is 9.97. The smallest absolute Gasteiger partial charge is 0.135 e. The van der Waals surface area contributed by atoms with Gasteiger partial charge in [0.1, 0.15) is 5.75 Å². The molecule has 1 aromatic carbocycles. The summed E-state index contributed by atoms with van der Waals surface area (Å²) in [6, 6.07) is 5.99. The van der Waals surface area contributed by atoms with Crippen LogP contribution in [0.5, 0.6) is 5.75 Å². The summed E-state index contributed by atoms with van der Waals surface area (Å²) in [5.41, 5.74) is 2.07. The Morgan fingerprint density at radius 2 is 1.87 bits per heavy atom. The molecule has 0 aliphatic carbocycles. The van der Waals surface area contributed by atoms with Gasteiger partial charge < -0.3 is 4.74 Å². The average molecular weight is 202 g/mol. The molecule has 0 N–H and O–H groups in total. The Morgan fingerprint density at radius 3 is 2.33 bits per heavy atom. The summed E-state index contributed by atoms with van der Waals surface area (Å²) in [6.07, 6.45) is 5.69. The summed E-state index contributed by atoms with van der Waals surface area (Å²) >= 11 is 0. The van der Waals surface area contributed by atoms with Gasteiger partial charge in [-0.15, -0.1) is 6.42 Å². The normalized spacial score (nSPS) is 10.5. The van der Waals surface area contributed by atoms with Gasteiger partial charge in [0, 0.05) is 0 Å².